The average molecular weight is 326 g/mol. The number of benzene rings is 1. The molecule has 0 fully saturated rings. The van der Waals surface area contributed by atoms with Crippen LogP contribution in [0.3, 0.4) is 0 Å². The van der Waals surface area contributed by atoms with Gasteiger partial charge in [0.15, 0.2) is 5.65 Å². The summed E-state index contributed by atoms with van der Waals surface area (Å²) in [6.07, 6.45) is -4.47. The van der Waals surface area contributed by atoms with E-state index in [-0.39, 0.29) is 22.4 Å². The smallest absolute Gasteiger partial charge is 0.233 e. The minimum absolute atomic E-state index is 0.00183. The van der Waals surface area contributed by atoms with Crippen molar-refractivity contribution < 1.29 is 13.2 Å². The van der Waals surface area contributed by atoms with Gasteiger partial charge >= 0.3 is 6.18 Å². The van der Waals surface area contributed by atoms with Gasteiger partial charge in [0, 0.05) is 5.69 Å². The SMILES string of the molecule is Cc1cc(C(F)(F)F)c2c(C)nn(-c3ccccc3Cl)c2n1. The average Bonchev–Trinajstić information content (AvgIpc) is 2.74. The Morgan fingerprint density at radius 2 is 1.82 bits per heavy atom. The molecule has 0 aliphatic rings. The number of para-hydroxylation sites is 1. The van der Waals surface area contributed by atoms with Crippen LogP contribution in [-0.4, -0.2) is 14.8 Å². The Hall–Kier alpha value is -2.08. The number of halogens is 4. The molecule has 0 unspecified atom stereocenters. The Labute approximate surface area is 129 Å². The Morgan fingerprint density at radius 3 is 2.45 bits per heavy atom. The van der Waals surface area contributed by atoms with Crippen LogP contribution < -0.4 is 0 Å². The highest BCUT2D eigenvalue weighted by Gasteiger charge is 2.35. The maximum absolute atomic E-state index is 13.3. The van der Waals surface area contributed by atoms with E-state index in [1.54, 1.807) is 24.3 Å². The van der Waals surface area contributed by atoms with Gasteiger partial charge < -0.3 is 0 Å². The second kappa shape index (κ2) is 4.98. The van der Waals surface area contributed by atoms with Gasteiger partial charge in [-0.25, -0.2) is 9.67 Å². The van der Waals surface area contributed by atoms with E-state index in [9.17, 15) is 13.2 Å². The molecule has 3 nitrogen and oxygen atoms in total. The molecule has 0 aliphatic heterocycles. The first-order chi connectivity index (χ1) is 10.3. The van der Waals surface area contributed by atoms with E-state index in [2.05, 4.69) is 10.1 Å². The predicted octanol–water partition coefficient (Wildman–Crippen LogP) is 4.71. The summed E-state index contributed by atoms with van der Waals surface area (Å²) in [6.45, 7) is 3.05. The molecular weight excluding hydrogens is 315 g/mol. The lowest BCUT2D eigenvalue weighted by molar-refractivity contribution is -0.136. The zero-order valence-electron chi connectivity index (χ0n) is 11.7. The number of alkyl halides is 3. The fourth-order valence-corrected chi connectivity index (χ4v) is 2.64. The summed E-state index contributed by atoms with van der Waals surface area (Å²) in [5, 5.41) is 4.60. The normalized spacial score (nSPS) is 12.1. The second-order valence-electron chi connectivity index (χ2n) is 4.96. The lowest BCUT2D eigenvalue weighted by Crippen LogP contribution is -2.08. The molecule has 0 amide bonds. The number of pyridine rings is 1. The predicted molar refractivity (Wildman–Crippen MR) is 78.4 cm³/mol. The monoisotopic (exact) mass is 325 g/mol. The van der Waals surface area contributed by atoms with Crippen molar-refractivity contribution in [2.75, 3.05) is 0 Å². The molecule has 1 aromatic carbocycles. The van der Waals surface area contributed by atoms with Gasteiger partial charge in [-0.2, -0.15) is 18.3 Å². The van der Waals surface area contributed by atoms with E-state index < -0.39 is 11.7 Å². The first-order valence-electron chi connectivity index (χ1n) is 6.48. The highest BCUT2D eigenvalue weighted by atomic mass is 35.5. The third-order valence-corrected chi connectivity index (χ3v) is 3.65. The standard InChI is InChI=1S/C15H11ClF3N3/c1-8-7-10(15(17,18)19)13-9(2)21-22(14(13)20-8)12-6-4-3-5-11(12)16/h3-7H,1-2H3. The van der Waals surface area contributed by atoms with E-state index in [1.807, 2.05) is 0 Å². The molecule has 0 N–H and O–H groups in total. The van der Waals surface area contributed by atoms with Crippen LogP contribution in [0.4, 0.5) is 13.2 Å². The highest BCUT2D eigenvalue weighted by Crippen LogP contribution is 2.37. The minimum Gasteiger partial charge on any atom is -0.233 e. The summed E-state index contributed by atoms with van der Waals surface area (Å²) in [6, 6.07) is 7.86. The number of aromatic nitrogens is 3. The zero-order chi connectivity index (χ0) is 16.1. The fraction of sp³-hybridized carbons (Fsp3) is 0.200. The molecule has 0 atom stereocenters. The third-order valence-electron chi connectivity index (χ3n) is 3.33. The van der Waals surface area contributed by atoms with Crippen molar-refractivity contribution in [3.63, 3.8) is 0 Å². The molecule has 0 radical (unpaired) electrons. The van der Waals surface area contributed by atoms with Crippen LogP contribution in [0, 0.1) is 13.8 Å². The van der Waals surface area contributed by atoms with Gasteiger partial charge in [0.1, 0.15) is 0 Å². The van der Waals surface area contributed by atoms with E-state index in [1.165, 1.54) is 18.5 Å². The molecule has 114 valence electrons. The van der Waals surface area contributed by atoms with Crippen molar-refractivity contribution in [2.24, 2.45) is 0 Å². The fourth-order valence-electron chi connectivity index (χ4n) is 2.43. The lowest BCUT2D eigenvalue weighted by Gasteiger charge is -2.10. The molecule has 0 saturated carbocycles. The Bertz CT molecular complexity index is 868. The maximum atomic E-state index is 13.3. The topological polar surface area (TPSA) is 30.7 Å². The summed E-state index contributed by atoms with van der Waals surface area (Å²) in [4.78, 5) is 4.23. The van der Waals surface area contributed by atoms with Crippen molar-refractivity contribution in [3.05, 3.63) is 52.3 Å². The lowest BCUT2D eigenvalue weighted by atomic mass is 10.1. The summed E-state index contributed by atoms with van der Waals surface area (Å²) in [7, 11) is 0. The Morgan fingerprint density at radius 1 is 1.14 bits per heavy atom. The van der Waals surface area contributed by atoms with Crippen LogP contribution in [0.2, 0.25) is 5.02 Å². The van der Waals surface area contributed by atoms with Gasteiger partial charge in [-0.15, -0.1) is 0 Å². The van der Waals surface area contributed by atoms with Crippen LogP contribution >= 0.6 is 11.6 Å². The summed E-state index contributed by atoms with van der Waals surface area (Å²) in [5.74, 6) is 0. The van der Waals surface area contributed by atoms with Crippen molar-refractivity contribution in [1.29, 1.82) is 0 Å². The van der Waals surface area contributed by atoms with Gasteiger partial charge in [0.05, 0.1) is 27.4 Å². The van der Waals surface area contributed by atoms with Crippen LogP contribution in [0.5, 0.6) is 0 Å². The number of hydrogen-bond acceptors (Lipinski definition) is 2. The van der Waals surface area contributed by atoms with Crippen molar-refractivity contribution in [2.45, 2.75) is 20.0 Å². The van der Waals surface area contributed by atoms with Crippen LogP contribution in [-0.2, 0) is 6.18 Å². The zero-order valence-corrected chi connectivity index (χ0v) is 12.5. The number of rotatable bonds is 1. The molecule has 22 heavy (non-hydrogen) atoms. The summed E-state index contributed by atoms with van der Waals surface area (Å²) in [5.41, 5.74) is 0.444. The highest BCUT2D eigenvalue weighted by molar-refractivity contribution is 6.32. The molecular formula is C15H11ClF3N3. The quantitative estimate of drug-likeness (QED) is 0.648. The van der Waals surface area contributed by atoms with E-state index in [0.29, 0.717) is 10.7 Å². The second-order valence-corrected chi connectivity index (χ2v) is 5.36. The molecule has 0 spiro atoms. The molecule has 0 saturated heterocycles. The molecule has 2 aromatic heterocycles. The van der Waals surface area contributed by atoms with Crippen molar-refractivity contribution >= 4 is 22.6 Å². The largest absolute Gasteiger partial charge is 0.417 e. The number of fused-ring (bicyclic) bond motifs is 1. The Kier molecular flexibility index (Phi) is 3.36. The van der Waals surface area contributed by atoms with Crippen molar-refractivity contribution in [1.82, 2.24) is 14.8 Å². The maximum Gasteiger partial charge on any atom is 0.417 e. The third kappa shape index (κ3) is 2.33. The molecule has 0 aliphatic carbocycles. The number of nitrogens with zero attached hydrogens (tertiary/aromatic N) is 3. The van der Waals surface area contributed by atoms with Gasteiger partial charge in [-0.05, 0) is 32.0 Å². The van der Waals surface area contributed by atoms with Gasteiger partial charge in [0.2, 0.25) is 0 Å². The molecule has 7 heteroatoms. The van der Waals surface area contributed by atoms with Gasteiger partial charge in [0.25, 0.3) is 0 Å². The van der Waals surface area contributed by atoms with Gasteiger partial charge in [-0.3, -0.25) is 0 Å². The molecule has 0 bridgehead atoms. The van der Waals surface area contributed by atoms with E-state index in [4.69, 9.17) is 11.6 Å². The molecule has 3 aromatic rings. The summed E-state index contributed by atoms with van der Waals surface area (Å²) >= 11 is 6.13. The van der Waals surface area contributed by atoms with Crippen LogP contribution in [0.25, 0.3) is 16.7 Å². The summed E-state index contributed by atoms with van der Waals surface area (Å²) < 4.78 is 41.2. The van der Waals surface area contributed by atoms with E-state index >= 15 is 0 Å². The van der Waals surface area contributed by atoms with Crippen LogP contribution in [0.15, 0.2) is 30.3 Å². The van der Waals surface area contributed by atoms with Gasteiger partial charge in [-0.1, -0.05) is 23.7 Å². The first-order valence-corrected chi connectivity index (χ1v) is 6.86. The number of hydrogen-bond donors (Lipinski definition) is 0. The van der Waals surface area contributed by atoms with E-state index in [0.717, 1.165) is 6.07 Å². The van der Waals surface area contributed by atoms with Crippen LogP contribution in [0.1, 0.15) is 17.0 Å². The van der Waals surface area contributed by atoms with Crippen molar-refractivity contribution in [3.8, 4) is 5.69 Å². The Balaban J connectivity index is 2.41. The number of aryl methyl sites for hydroxylation is 2. The molecule has 3 rings (SSSR count). The molecule has 2 heterocycles. The minimum atomic E-state index is -4.47. The first kappa shape index (κ1) is 14.8.